The van der Waals surface area contributed by atoms with Gasteiger partial charge in [0.1, 0.15) is 5.56 Å². The summed E-state index contributed by atoms with van der Waals surface area (Å²) in [5.74, 6) is -0.546. The molecule has 31 heavy (non-hydrogen) atoms. The Labute approximate surface area is 176 Å². The van der Waals surface area contributed by atoms with Crippen molar-refractivity contribution in [1.82, 2.24) is 24.5 Å². The van der Waals surface area contributed by atoms with Gasteiger partial charge in [-0.25, -0.2) is 9.50 Å². The molecule has 160 valence electrons. The molecule has 1 amide bonds. The molecule has 3 heterocycles. The van der Waals surface area contributed by atoms with E-state index in [2.05, 4.69) is 15.4 Å². The van der Waals surface area contributed by atoms with Crippen molar-refractivity contribution in [3.8, 4) is 11.3 Å². The van der Waals surface area contributed by atoms with Crippen molar-refractivity contribution < 1.29 is 18.0 Å². The van der Waals surface area contributed by atoms with Gasteiger partial charge in [-0.05, 0) is 30.2 Å². The lowest BCUT2D eigenvalue weighted by atomic mass is 10.1. The Balaban J connectivity index is 1.76. The third kappa shape index (κ3) is 4.03. The van der Waals surface area contributed by atoms with E-state index in [0.717, 1.165) is 29.9 Å². The minimum atomic E-state index is -4.66. The highest BCUT2D eigenvalue weighted by molar-refractivity contribution is 5.99. The number of fused-ring (bicyclic) bond motifs is 1. The largest absolute Gasteiger partial charge is 0.433 e. The molecule has 0 aliphatic rings. The number of hydrogen-bond donors (Lipinski definition) is 1. The number of alkyl halides is 3. The number of benzene rings is 1. The van der Waals surface area contributed by atoms with E-state index in [9.17, 15) is 18.0 Å². The van der Waals surface area contributed by atoms with E-state index in [1.165, 1.54) is 0 Å². The van der Waals surface area contributed by atoms with Gasteiger partial charge < -0.3 is 9.88 Å². The molecule has 0 fully saturated rings. The maximum Gasteiger partial charge on any atom is 0.433 e. The van der Waals surface area contributed by atoms with E-state index in [-0.39, 0.29) is 23.4 Å². The Morgan fingerprint density at radius 3 is 2.52 bits per heavy atom. The molecule has 6 nitrogen and oxygen atoms in total. The van der Waals surface area contributed by atoms with Gasteiger partial charge in [-0.3, -0.25) is 4.79 Å². The van der Waals surface area contributed by atoms with Crippen LogP contribution < -0.4 is 5.32 Å². The zero-order valence-corrected chi connectivity index (χ0v) is 16.9. The number of nitrogens with zero attached hydrogens (tertiary/aromatic N) is 4. The van der Waals surface area contributed by atoms with Crippen molar-refractivity contribution in [2.24, 2.45) is 7.05 Å². The SMILES string of the molecule is CCc1ccc(-c2cc(C(F)(F)F)n3ncc(C(=O)NCc4cccn4C)c3n2)cc1. The molecule has 0 spiro atoms. The van der Waals surface area contributed by atoms with Gasteiger partial charge in [-0.15, -0.1) is 0 Å². The molecule has 4 rings (SSSR count). The quantitative estimate of drug-likeness (QED) is 0.518. The predicted octanol–water partition coefficient (Wildman–Crippen LogP) is 4.25. The fourth-order valence-electron chi connectivity index (χ4n) is 3.33. The fourth-order valence-corrected chi connectivity index (χ4v) is 3.33. The van der Waals surface area contributed by atoms with Crippen LogP contribution in [0.1, 0.15) is 34.2 Å². The van der Waals surface area contributed by atoms with Gasteiger partial charge in [0.2, 0.25) is 0 Å². The molecule has 0 atom stereocenters. The Bertz CT molecular complexity index is 1240. The first kappa shape index (κ1) is 20.6. The number of halogens is 3. The van der Waals surface area contributed by atoms with Crippen LogP contribution in [-0.4, -0.2) is 25.1 Å². The lowest BCUT2D eigenvalue weighted by Gasteiger charge is -2.12. The molecule has 0 bridgehead atoms. The van der Waals surface area contributed by atoms with Gasteiger partial charge in [0.05, 0.1) is 18.4 Å². The number of aryl methyl sites for hydroxylation is 2. The lowest BCUT2D eigenvalue weighted by Crippen LogP contribution is -2.24. The van der Waals surface area contributed by atoms with E-state index in [4.69, 9.17) is 0 Å². The number of rotatable bonds is 5. The third-order valence-corrected chi connectivity index (χ3v) is 5.15. The Morgan fingerprint density at radius 2 is 1.90 bits per heavy atom. The van der Waals surface area contributed by atoms with Crippen molar-refractivity contribution in [3.63, 3.8) is 0 Å². The second kappa shape index (κ2) is 7.90. The maximum atomic E-state index is 13.7. The molecule has 0 saturated heterocycles. The fraction of sp³-hybridized carbons (Fsp3) is 0.227. The van der Waals surface area contributed by atoms with Crippen LogP contribution >= 0.6 is 0 Å². The van der Waals surface area contributed by atoms with Crippen LogP contribution in [0.2, 0.25) is 0 Å². The molecule has 9 heteroatoms. The smallest absolute Gasteiger partial charge is 0.353 e. The summed E-state index contributed by atoms with van der Waals surface area (Å²) in [5, 5.41) is 6.52. The van der Waals surface area contributed by atoms with E-state index in [0.29, 0.717) is 10.1 Å². The number of amides is 1. The summed E-state index contributed by atoms with van der Waals surface area (Å²) in [6.07, 6.45) is -0.900. The van der Waals surface area contributed by atoms with Gasteiger partial charge in [-0.2, -0.15) is 18.3 Å². The highest BCUT2D eigenvalue weighted by atomic mass is 19.4. The molecule has 0 aliphatic heterocycles. The summed E-state index contributed by atoms with van der Waals surface area (Å²) in [5.41, 5.74) is 1.41. The standard InChI is InChI=1S/C22H20F3N5O/c1-3-14-6-8-15(9-7-14)18-11-19(22(23,24)25)30-20(28-18)17(13-27-30)21(31)26-12-16-5-4-10-29(16)2/h4-11,13H,3,12H2,1-2H3,(H,26,31). The maximum absolute atomic E-state index is 13.7. The van der Waals surface area contributed by atoms with Gasteiger partial charge in [0.15, 0.2) is 11.3 Å². The average molecular weight is 427 g/mol. The van der Waals surface area contributed by atoms with Gasteiger partial charge in [-0.1, -0.05) is 31.2 Å². The normalized spacial score (nSPS) is 11.8. The first-order chi connectivity index (χ1) is 14.8. The summed E-state index contributed by atoms with van der Waals surface area (Å²) in [6, 6.07) is 11.8. The van der Waals surface area contributed by atoms with Gasteiger partial charge >= 0.3 is 6.18 Å². The number of aromatic nitrogens is 4. The topological polar surface area (TPSA) is 64.2 Å². The molecule has 4 aromatic rings. The van der Waals surface area contributed by atoms with Crippen LogP contribution in [0.5, 0.6) is 0 Å². The second-order valence-corrected chi connectivity index (χ2v) is 7.16. The molecular weight excluding hydrogens is 407 g/mol. The second-order valence-electron chi connectivity index (χ2n) is 7.16. The molecule has 0 radical (unpaired) electrons. The Hall–Kier alpha value is -3.62. The number of carbonyl (C=O) groups excluding carboxylic acids is 1. The molecule has 0 unspecified atom stereocenters. The van der Waals surface area contributed by atoms with Gasteiger partial charge in [0.25, 0.3) is 5.91 Å². The minimum Gasteiger partial charge on any atom is -0.353 e. The molecule has 1 aromatic carbocycles. The lowest BCUT2D eigenvalue weighted by molar-refractivity contribution is -0.142. The van der Waals surface area contributed by atoms with E-state index in [1.807, 2.05) is 49.0 Å². The Morgan fingerprint density at radius 1 is 1.16 bits per heavy atom. The number of carbonyl (C=O) groups is 1. The van der Waals surface area contributed by atoms with Crippen LogP contribution in [0.25, 0.3) is 16.9 Å². The van der Waals surface area contributed by atoms with Crippen LogP contribution in [-0.2, 0) is 26.2 Å². The zero-order valence-electron chi connectivity index (χ0n) is 16.9. The van der Waals surface area contributed by atoms with E-state index >= 15 is 0 Å². The summed E-state index contributed by atoms with van der Waals surface area (Å²) in [6.45, 7) is 2.22. The summed E-state index contributed by atoms with van der Waals surface area (Å²) in [4.78, 5) is 17.1. The highest BCUT2D eigenvalue weighted by Crippen LogP contribution is 2.32. The van der Waals surface area contributed by atoms with E-state index in [1.54, 1.807) is 12.1 Å². The van der Waals surface area contributed by atoms with Gasteiger partial charge in [0, 0.05) is 24.5 Å². The van der Waals surface area contributed by atoms with Crippen molar-refractivity contribution in [1.29, 1.82) is 0 Å². The van der Waals surface area contributed by atoms with Crippen molar-refractivity contribution in [3.05, 3.63) is 77.4 Å². The third-order valence-electron chi connectivity index (χ3n) is 5.15. The molecule has 1 N–H and O–H groups in total. The summed E-state index contributed by atoms with van der Waals surface area (Å²) >= 11 is 0. The summed E-state index contributed by atoms with van der Waals surface area (Å²) < 4.78 is 43.7. The Kier molecular flexibility index (Phi) is 5.26. The average Bonchev–Trinajstić information content (AvgIpc) is 3.36. The van der Waals surface area contributed by atoms with E-state index < -0.39 is 17.8 Å². The molecule has 3 aromatic heterocycles. The minimum absolute atomic E-state index is 0.0215. The monoisotopic (exact) mass is 427 g/mol. The molecular formula is C22H20F3N5O. The van der Waals surface area contributed by atoms with Crippen molar-refractivity contribution in [2.75, 3.05) is 0 Å². The number of nitrogens with one attached hydrogen (secondary N) is 1. The van der Waals surface area contributed by atoms with Crippen LogP contribution in [0, 0.1) is 0 Å². The summed E-state index contributed by atoms with van der Waals surface area (Å²) in [7, 11) is 1.84. The van der Waals surface area contributed by atoms with Crippen LogP contribution in [0.3, 0.4) is 0 Å². The zero-order chi connectivity index (χ0) is 22.2. The predicted molar refractivity (Wildman–Crippen MR) is 109 cm³/mol. The van der Waals surface area contributed by atoms with Crippen molar-refractivity contribution >= 4 is 11.6 Å². The van der Waals surface area contributed by atoms with Crippen molar-refractivity contribution in [2.45, 2.75) is 26.1 Å². The van der Waals surface area contributed by atoms with Crippen LogP contribution in [0.15, 0.2) is 54.9 Å². The molecule has 0 aliphatic carbocycles. The number of hydrogen-bond acceptors (Lipinski definition) is 3. The first-order valence-electron chi connectivity index (χ1n) is 9.71. The first-order valence-corrected chi connectivity index (χ1v) is 9.71. The van der Waals surface area contributed by atoms with Crippen LogP contribution in [0.4, 0.5) is 13.2 Å². The highest BCUT2D eigenvalue weighted by Gasteiger charge is 2.36. The molecule has 0 saturated carbocycles.